The van der Waals surface area contributed by atoms with Crippen LogP contribution in [0.4, 0.5) is 16.2 Å². The first-order valence-corrected chi connectivity index (χ1v) is 9.08. The Kier molecular flexibility index (Phi) is 5.64. The van der Waals surface area contributed by atoms with Gasteiger partial charge in [-0.3, -0.25) is 4.79 Å². The molecule has 2 aromatic rings. The van der Waals surface area contributed by atoms with Crippen LogP contribution in [-0.2, 0) is 4.79 Å². The van der Waals surface area contributed by atoms with E-state index in [4.69, 9.17) is 4.74 Å². The Balaban J connectivity index is 1.58. The van der Waals surface area contributed by atoms with Crippen molar-refractivity contribution in [3.05, 3.63) is 54.1 Å². The number of urea groups is 1. The lowest BCUT2D eigenvalue weighted by atomic mass is 10.0. The highest BCUT2D eigenvalue weighted by Gasteiger charge is 2.31. The first-order chi connectivity index (χ1) is 13.0. The van der Waals surface area contributed by atoms with Crippen LogP contribution in [0.5, 0.6) is 5.75 Å². The molecule has 6 heteroatoms. The SMILES string of the molecule is COc1cccc(N2CC(NC(=O)Nc3ccc(C(C)C)cc3)CC2=O)c1. The Labute approximate surface area is 159 Å². The molecule has 1 atom stereocenters. The third kappa shape index (κ3) is 4.58. The molecule has 3 amide bonds. The number of benzene rings is 2. The molecule has 27 heavy (non-hydrogen) atoms. The summed E-state index contributed by atoms with van der Waals surface area (Å²) in [6.45, 7) is 4.69. The van der Waals surface area contributed by atoms with Crippen molar-refractivity contribution in [2.75, 3.05) is 23.9 Å². The van der Waals surface area contributed by atoms with E-state index in [9.17, 15) is 9.59 Å². The molecular weight excluding hydrogens is 342 g/mol. The Morgan fingerprint density at radius 2 is 1.93 bits per heavy atom. The van der Waals surface area contributed by atoms with E-state index in [1.807, 2.05) is 48.5 Å². The maximum atomic E-state index is 12.3. The predicted octanol–water partition coefficient (Wildman–Crippen LogP) is 3.75. The summed E-state index contributed by atoms with van der Waals surface area (Å²) in [4.78, 5) is 26.3. The molecule has 1 heterocycles. The van der Waals surface area contributed by atoms with Gasteiger partial charge in [-0.25, -0.2) is 4.79 Å². The second-order valence-electron chi connectivity index (χ2n) is 6.98. The maximum absolute atomic E-state index is 12.3. The van der Waals surface area contributed by atoms with E-state index in [0.717, 1.165) is 11.4 Å². The van der Waals surface area contributed by atoms with Crippen LogP contribution in [0.25, 0.3) is 0 Å². The zero-order valence-electron chi connectivity index (χ0n) is 15.9. The van der Waals surface area contributed by atoms with Crippen molar-refractivity contribution in [3.8, 4) is 5.75 Å². The van der Waals surface area contributed by atoms with Crippen molar-refractivity contribution >= 4 is 23.3 Å². The van der Waals surface area contributed by atoms with Crippen molar-refractivity contribution in [1.29, 1.82) is 0 Å². The second kappa shape index (κ2) is 8.12. The fourth-order valence-electron chi connectivity index (χ4n) is 3.14. The molecule has 1 aliphatic heterocycles. The maximum Gasteiger partial charge on any atom is 0.319 e. The van der Waals surface area contributed by atoms with Gasteiger partial charge in [0.25, 0.3) is 0 Å². The molecule has 0 spiro atoms. The monoisotopic (exact) mass is 367 g/mol. The minimum absolute atomic E-state index is 0.0187. The molecule has 0 saturated carbocycles. The number of anilines is 2. The minimum Gasteiger partial charge on any atom is -0.497 e. The highest BCUT2D eigenvalue weighted by atomic mass is 16.5. The van der Waals surface area contributed by atoms with Crippen LogP contribution in [0.1, 0.15) is 31.7 Å². The normalized spacial score (nSPS) is 16.5. The summed E-state index contributed by atoms with van der Waals surface area (Å²) in [5.41, 5.74) is 2.72. The average molecular weight is 367 g/mol. The van der Waals surface area contributed by atoms with Crippen molar-refractivity contribution in [2.24, 2.45) is 0 Å². The summed E-state index contributed by atoms with van der Waals surface area (Å²) in [6.07, 6.45) is 0.275. The number of nitrogens with zero attached hydrogens (tertiary/aromatic N) is 1. The zero-order valence-corrected chi connectivity index (χ0v) is 15.9. The second-order valence-corrected chi connectivity index (χ2v) is 6.98. The third-order valence-corrected chi connectivity index (χ3v) is 4.66. The van der Waals surface area contributed by atoms with E-state index in [-0.39, 0.29) is 24.4 Å². The molecule has 3 rings (SSSR count). The van der Waals surface area contributed by atoms with Gasteiger partial charge in [0.05, 0.1) is 13.2 Å². The molecule has 0 aromatic heterocycles. The highest BCUT2D eigenvalue weighted by Crippen LogP contribution is 2.25. The Bertz CT molecular complexity index is 818. The van der Waals surface area contributed by atoms with Crippen LogP contribution < -0.4 is 20.3 Å². The number of amides is 3. The van der Waals surface area contributed by atoms with E-state index in [1.54, 1.807) is 12.0 Å². The molecule has 1 aliphatic rings. The molecule has 2 aromatic carbocycles. The topological polar surface area (TPSA) is 70.7 Å². The van der Waals surface area contributed by atoms with Gasteiger partial charge in [-0.05, 0) is 35.7 Å². The van der Waals surface area contributed by atoms with E-state index < -0.39 is 0 Å². The number of hydrogen-bond donors (Lipinski definition) is 2. The van der Waals surface area contributed by atoms with Gasteiger partial charge in [0.2, 0.25) is 5.91 Å². The quantitative estimate of drug-likeness (QED) is 0.846. The summed E-state index contributed by atoms with van der Waals surface area (Å²) >= 11 is 0. The fourth-order valence-corrected chi connectivity index (χ4v) is 3.14. The van der Waals surface area contributed by atoms with Crippen LogP contribution in [0.15, 0.2) is 48.5 Å². The number of carbonyl (C=O) groups is 2. The number of carbonyl (C=O) groups excluding carboxylic acids is 2. The lowest BCUT2D eigenvalue weighted by Crippen LogP contribution is -2.39. The van der Waals surface area contributed by atoms with Crippen molar-refractivity contribution in [2.45, 2.75) is 32.2 Å². The van der Waals surface area contributed by atoms with Crippen LogP contribution in [0.2, 0.25) is 0 Å². The van der Waals surface area contributed by atoms with E-state index >= 15 is 0 Å². The van der Waals surface area contributed by atoms with Crippen molar-refractivity contribution in [3.63, 3.8) is 0 Å². The Morgan fingerprint density at radius 3 is 2.59 bits per heavy atom. The summed E-state index contributed by atoms with van der Waals surface area (Å²) in [5.74, 6) is 1.12. The first kappa shape index (κ1) is 18.8. The summed E-state index contributed by atoms with van der Waals surface area (Å²) in [5, 5.41) is 5.70. The molecule has 0 bridgehead atoms. The van der Waals surface area contributed by atoms with Gasteiger partial charge >= 0.3 is 6.03 Å². The lowest BCUT2D eigenvalue weighted by Gasteiger charge is -2.18. The number of nitrogens with one attached hydrogen (secondary N) is 2. The smallest absolute Gasteiger partial charge is 0.319 e. The van der Waals surface area contributed by atoms with Gasteiger partial charge in [0.15, 0.2) is 0 Å². The molecule has 0 radical (unpaired) electrons. The van der Waals surface area contributed by atoms with Crippen LogP contribution in [-0.4, -0.2) is 31.6 Å². The molecule has 1 unspecified atom stereocenters. The van der Waals surface area contributed by atoms with E-state index in [0.29, 0.717) is 18.2 Å². The highest BCUT2D eigenvalue weighted by molar-refractivity contribution is 5.97. The van der Waals surface area contributed by atoms with Gasteiger partial charge in [-0.15, -0.1) is 0 Å². The standard InChI is InChI=1S/C21H25N3O3/c1-14(2)15-7-9-16(10-8-15)22-21(26)23-17-11-20(25)24(13-17)18-5-4-6-19(12-18)27-3/h4-10,12,14,17H,11,13H2,1-3H3,(H2,22,23,26). The molecule has 2 N–H and O–H groups in total. The van der Waals surface area contributed by atoms with Crippen molar-refractivity contribution in [1.82, 2.24) is 5.32 Å². The zero-order chi connectivity index (χ0) is 19.4. The van der Waals surface area contributed by atoms with Gasteiger partial charge in [-0.2, -0.15) is 0 Å². The van der Waals surface area contributed by atoms with Gasteiger partial charge in [-0.1, -0.05) is 32.0 Å². The summed E-state index contributed by atoms with van der Waals surface area (Å²) < 4.78 is 5.21. The molecule has 0 aliphatic carbocycles. The molecular formula is C21H25N3O3. The van der Waals surface area contributed by atoms with E-state index in [2.05, 4.69) is 24.5 Å². The summed E-state index contributed by atoms with van der Waals surface area (Å²) in [6, 6.07) is 14.6. The fraction of sp³-hybridized carbons (Fsp3) is 0.333. The minimum atomic E-state index is -0.308. The largest absolute Gasteiger partial charge is 0.497 e. The molecule has 1 saturated heterocycles. The molecule has 6 nitrogen and oxygen atoms in total. The number of hydrogen-bond acceptors (Lipinski definition) is 3. The predicted molar refractivity (Wildman–Crippen MR) is 106 cm³/mol. The number of ether oxygens (including phenoxy) is 1. The lowest BCUT2D eigenvalue weighted by molar-refractivity contribution is -0.117. The Hall–Kier alpha value is -3.02. The number of rotatable bonds is 5. The third-order valence-electron chi connectivity index (χ3n) is 4.66. The molecule has 1 fully saturated rings. The molecule has 142 valence electrons. The van der Waals surface area contributed by atoms with Gasteiger partial charge in [0.1, 0.15) is 5.75 Å². The van der Waals surface area contributed by atoms with Crippen molar-refractivity contribution < 1.29 is 14.3 Å². The van der Waals surface area contributed by atoms with Crippen LogP contribution in [0.3, 0.4) is 0 Å². The van der Waals surface area contributed by atoms with Crippen LogP contribution in [0, 0.1) is 0 Å². The Morgan fingerprint density at radius 1 is 1.19 bits per heavy atom. The average Bonchev–Trinajstić information content (AvgIpc) is 3.02. The van der Waals surface area contributed by atoms with Gasteiger partial charge in [0, 0.05) is 30.4 Å². The van der Waals surface area contributed by atoms with E-state index in [1.165, 1.54) is 5.56 Å². The number of methoxy groups -OCH3 is 1. The summed E-state index contributed by atoms with van der Waals surface area (Å²) in [7, 11) is 1.59. The van der Waals surface area contributed by atoms with Crippen LogP contribution >= 0.6 is 0 Å². The van der Waals surface area contributed by atoms with Gasteiger partial charge < -0.3 is 20.3 Å². The first-order valence-electron chi connectivity index (χ1n) is 9.08.